The molecule has 0 fully saturated rings. The Hall–Kier alpha value is -3.25. The second kappa shape index (κ2) is 6.67. The van der Waals surface area contributed by atoms with Crippen LogP contribution in [0, 0.1) is 11.3 Å². The third kappa shape index (κ3) is 3.33. The molecule has 0 bridgehead atoms. The van der Waals surface area contributed by atoms with Crippen molar-refractivity contribution in [2.75, 3.05) is 0 Å². The molecule has 0 unspecified atom stereocenters. The first kappa shape index (κ1) is 14.7. The predicted molar refractivity (Wildman–Crippen MR) is 88.1 cm³/mol. The number of rotatable bonds is 4. The molecule has 3 heteroatoms. The summed E-state index contributed by atoms with van der Waals surface area (Å²) in [5.41, 5.74) is 3.59. The van der Waals surface area contributed by atoms with Gasteiger partial charge in [-0.05, 0) is 17.7 Å². The summed E-state index contributed by atoms with van der Waals surface area (Å²) in [4.78, 5) is 17.0. The molecule has 0 spiro atoms. The second-order valence-electron chi connectivity index (χ2n) is 5.18. The number of nitriles is 1. The van der Waals surface area contributed by atoms with E-state index < -0.39 is 0 Å². The maximum atomic E-state index is 12.7. The van der Waals surface area contributed by atoms with Crippen LogP contribution in [0.5, 0.6) is 0 Å². The van der Waals surface area contributed by atoms with Gasteiger partial charge in [0.25, 0.3) is 0 Å². The molecule has 0 N–H and O–H groups in total. The molecule has 110 valence electrons. The van der Waals surface area contributed by atoms with Gasteiger partial charge in [0, 0.05) is 29.4 Å². The van der Waals surface area contributed by atoms with Gasteiger partial charge in [0.15, 0.2) is 5.78 Å². The Labute approximate surface area is 134 Å². The Morgan fingerprint density at radius 3 is 2.52 bits per heavy atom. The Balaban J connectivity index is 1.95. The van der Waals surface area contributed by atoms with Crippen LogP contribution in [0.4, 0.5) is 0 Å². The maximum Gasteiger partial charge on any atom is 0.193 e. The van der Waals surface area contributed by atoms with Gasteiger partial charge in [-0.2, -0.15) is 5.26 Å². The Morgan fingerprint density at radius 2 is 1.74 bits per heavy atom. The minimum atomic E-state index is -0.00219. The predicted octanol–water partition coefficient (Wildman–Crippen LogP) is 3.78. The SMILES string of the molecule is N#Cc1ccnc(Cc2ccccc2C(=O)c2ccccc2)c1. The van der Waals surface area contributed by atoms with Crippen LogP contribution in [-0.4, -0.2) is 10.8 Å². The standard InChI is InChI=1S/C20H14N2O/c21-14-15-10-11-22-18(12-15)13-17-8-4-5-9-19(17)20(23)16-6-2-1-3-7-16/h1-12H,13H2. The molecule has 0 aliphatic rings. The van der Waals surface area contributed by atoms with E-state index in [2.05, 4.69) is 11.1 Å². The minimum absolute atomic E-state index is 0.00219. The maximum absolute atomic E-state index is 12.7. The van der Waals surface area contributed by atoms with E-state index in [1.165, 1.54) is 0 Å². The smallest absolute Gasteiger partial charge is 0.193 e. The van der Waals surface area contributed by atoms with E-state index in [4.69, 9.17) is 5.26 Å². The molecule has 0 aliphatic heterocycles. The molecule has 1 aromatic heterocycles. The van der Waals surface area contributed by atoms with Crippen LogP contribution in [0.3, 0.4) is 0 Å². The van der Waals surface area contributed by atoms with Crippen molar-refractivity contribution in [3.63, 3.8) is 0 Å². The number of carbonyl (C=O) groups excluding carboxylic acids is 1. The van der Waals surface area contributed by atoms with Crippen molar-refractivity contribution >= 4 is 5.78 Å². The lowest BCUT2D eigenvalue weighted by Gasteiger charge is -2.09. The van der Waals surface area contributed by atoms with Crippen molar-refractivity contribution in [3.05, 3.63) is 101 Å². The Bertz CT molecular complexity index is 879. The van der Waals surface area contributed by atoms with Gasteiger partial charge in [0.2, 0.25) is 0 Å². The summed E-state index contributed by atoms with van der Waals surface area (Å²) < 4.78 is 0. The van der Waals surface area contributed by atoms with Gasteiger partial charge in [-0.1, -0.05) is 54.6 Å². The fraction of sp³-hybridized carbons (Fsp3) is 0.0500. The third-order valence-corrected chi connectivity index (χ3v) is 3.62. The largest absolute Gasteiger partial charge is 0.289 e. The lowest BCUT2D eigenvalue weighted by Crippen LogP contribution is -2.06. The first-order valence-electron chi connectivity index (χ1n) is 7.30. The summed E-state index contributed by atoms with van der Waals surface area (Å²) in [5, 5.41) is 8.99. The van der Waals surface area contributed by atoms with Crippen molar-refractivity contribution in [3.8, 4) is 6.07 Å². The Morgan fingerprint density at radius 1 is 1.00 bits per heavy atom. The zero-order valence-corrected chi connectivity index (χ0v) is 12.4. The summed E-state index contributed by atoms with van der Waals surface area (Å²) in [6.07, 6.45) is 2.14. The van der Waals surface area contributed by atoms with Crippen LogP contribution >= 0.6 is 0 Å². The highest BCUT2D eigenvalue weighted by atomic mass is 16.1. The van der Waals surface area contributed by atoms with E-state index in [0.717, 1.165) is 11.3 Å². The van der Waals surface area contributed by atoms with Crippen molar-refractivity contribution in [2.24, 2.45) is 0 Å². The molecular formula is C20H14N2O. The van der Waals surface area contributed by atoms with Crippen molar-refractivity contribution < 1.29 is 4.79 Å². The molecule has 0 saturated heterocycles. The van der Waals surface area contributed by atoms with Gasteiger partial charge in [0.1, 0.15) is 0 Å². The van der Waals surface area contributed by atoms with Gasteiger partial charge in [-0.3, -0.25) is 9.78 Å². The number of hydrogen-bond donors (Lipinski definition) is 0. The van der Waals surface area contributed by atoms with Crippen molar-refractivity contribution in [1.29, 1.82) is 5.26 Å². The van der Waals surface area contributed by atoms with Gasteiger partial charge in [0.05, 0.1) is 11.6 Å². The summed E-state index contributed by atoms with van der Waals surface area (Å²) in [6, 6.07) is 22.3. The number of nitrogens with zero attached hydrogens (tertiary/aromatic N) is 2. The van der Waals surface area contributed by atoms with Crippen molar-refractivity contribution in [1.82, 2.24) is 4.98 Å². The summed E-state index contributed by atoms with van der Waals surface area (Å²) in [7, 11) is 0. The molecule has 3 aromatic rings. The molecule has 0 radical (unpaired) electrons. The third-order valence-electron chi connectivity index (χ3n) is 3.62. The van der Waals surface area contributed by atoms with Crippen LogP contribution in [0.1, 0.15) is 32.7 Å². The molecule has 23 heavy (non-hydrogen) atoms. The number of benzene rings is 2. The first-order chi connectivity index (χ1) is 11.3. The highest BCUT2D eigenvalue weighted by Gasteiger charge is 2.13. The number of carbonyl (C=O) groups is 1. The van der Waals surface area contributed by atoms with Crippen LogP contribution < -0.4 is 0 Å². The van der Waals surface area contributed by atoms with E-state index in [1.807, 2.05) is 54.6 Å². The number of aromatic nitrogens is 1. The van der Waals surface area contributed by atoms with Crippen LogP contribution in [0.25, 0.3) is 0 Å². The molecule has 0 amide bonds. The van der Waals surface area contributed by atoms with Crippen LogP contribution in [0.15, 0.2) is 72.9 Å². The van der Waals surface area contributed by atoms with Gasteiger partial charge in [-0.25, -0.2) is 0 Å². The lowest BCUT2D eigenvalue weighted by atomic mass is 9.95. The van der Waals surface area contributed by atoms with Crippen molar-refractivity contribution in [2.45, 2.75) is 6.42 Å². The zero-order valence-electron chi connectivity index (χ0n) is 12.4. The number of pyridine rings is 1. The van der Waals surface area contributed by atoms with Gasteiger partial charge >= 0.3 is 0 Å². The number of hydrogen-bond acceptors (Lipinski definition) is 3. The monoisotopic (exact) mass is 298 g/mol. The second-order valence-corrected chi connectivity index (χ2v) is 5.18. The molecular weight excluding hydrogens is 284 g/mol. The highest BCUT2D eigenvalue weighted by molar-refractivity contribution is 6.09. The average Bonchev–Trinajstić information content (AvgIpc) is 2.62. The normalized spacial score (nSPS) is 10.0. The topological polar surface area (TPSA) is 53.8 Å². The molecule has 3 nitrogen and oxygen atoms in total. The fourth-order valence-corrected chi connectivity index (χ4v) is 2.48. The molecule has 2 aromatic carbocycles. The van der Waals surface area contributed by atoms with E-state index in [-0.39, 0.29) is 5.78 Å². The fourth-order valence-electron chi connectivity index (χ4n) is 2.48. The first-order valence-corrected chi connectivity index (χ1v) is 7.30. The summed E-state index contributed by atoms with van der Waals surface area (Å²) in [5.74, 6) is -0.00219. The zero-order chi connectivity index (χ0) is 16.1. The highest BCUT2D eigenvalue weighted by Crippen LogP contribution is 2.18. The minimum Gasteiger partial charge on any atom is -0.289 e. The number of ketones is 1. The summed E-state index contributed by atoms with van der Waals surface area (Å²) in [6.45, 7) is 0. The van der Waals surface area contributed by atoms with Gasteiger partial charge in [-0.15, -0.1) is 0 Å². The average molecular weight is 298 g/mol. The molecule has 3 rings (SSSR count). The van der Waals surface area contributed by atoms with E-state index in [9.17, 15) is 4.79 Å². The Kier molecular flexibility index (Phi) is 4.26. The van der Waals surface area contributed by atoms with E-state index in [1.54, 1.807) is 18.3 Å². The lowest BCUT2D eigenvalue weighted by molar-refractivity contribution is 0.103. The van der Waals surface area contributed by atoms with Gasteiger partial charge < -0.3 is 0 Å². The molecule has 0 aliphatic carbocycles. The van der Waals surface area contributed by atoms with E-state index >= 15 is 0 Å². The van der Waals surface area contributed by atoms with Crippen LogP contribution in [-0.2, 0) is 6.42 Å². The van der Waals surface area contributed by atoms with E-state index in [0.29, 0.717) is 23.1 Å². The van der Waals surface area contributed by atoms with Crippen LogP contribution in [0.2, 0.25) is 0 Å². The molecule has 1 heterocycles. The molecule has 0 atom stereocenters. The summed E-state index contributed by atoms with van der Waals surface area (Å²) >= 11 is 0. The quantitative estimate of drug-likeness (QED) is 0.689. The molecule has 0 saturated carbocycles.